The maximum absolute atomic E-state index is 11.4. The van der Waals surface area contributed by atoms with Gasteiger partial charge in [0.15, 0.2) is 0 Å². The Bertz CT molecular complexity index is 483. The number of hydrogen-bond acceptors (Lipinski definition) is 3. The van der Waals surface area contributed by atoms with E-state index in [9.17, 15) is 4.79 Å². The molecule has 2 rings (SSSR count). The van der Waals surface area contributed by atoms with Crippen LogP contribution in [0.15, 0.2) is 12.1 Å². The minimum atomic E-state index is -0.520. The summed E-state index contributed by atoms with van der Waals surface area (Å²) < 4.78 is 0. The molecule has 0 atom stereocenters. The minimum Gasteiger partial charge on any atom is -0.399 e. The number of carbonyl (C=O) groups excluding carboxylic acids is 1. The molecular weight excluding hydrogens is 250 g/mol. The molecule has 1 fully saturated rings. The molecule has 1 aromatic rings. The Morgan fingerprint density at radius 3 is 2.67 bits per heavy atom. The molecule has 5 heteroatoms. The van der Waals surface area contributed by atoms with Gasteiger partial charge in [-0.3, -0.25) is 4.79 Å². The van der Waals surface area contributed by atoms with Crippen molar-refractivity contribution in [3.8, 4) is 0 Å². The van der Waals surface area contributed by atoms with E-state index >= 15 is 0 Å². The topological polar surface area (TPSA) is 81.1 Å². The second-order valence-electron chi connectivity index (χ2n) is 5.00. The summed E-state index contributed by atoms with van der Waals surface area (Å²) >= 11 is 6.12. The quantitative estimate of drug-likeness (QED) is 0.718. The van der Waals surface area contributed by atoms with Gasteiger partial charge in [-0.1, -0.05) is 18.5 Å². The average molecular weight is 268 g/mol. The number of nitrogen functional groups attached to an aromatic ring is 1. The molecule has 4 nitrogen and oxygen atoms in total. The standard InChI is InChI=1S/C13H18ClN3O/c1-2-13(3-4-13)7-17-11-9(12(16)18)5-8(15)6-10(11)14/h5-6,17H,2-4,7,15H2,1H3,(H2,16,18). The smallest absolute Gasteiger partial charge is 0.250 e. The van der Waals surface area contributed by atoms with Gasteiger partial charge in [0.05, 0.1) is 16.3 Å². The van der Waals surface area contributed by atoms with E-state index in [0.717, 1.165) is 13.0 Å². The van der Waals surface area contributed by atoms with Crippen LogP contribution in [0.4, 0.5) is 11.4 Å². The van der Waals surface area contributed by atoms with Gasteiger partial charge in [0.1, 0.15) is 0 Å². The number of nitrogens with one attached hydrogen (secondary N) is 1. The van der Waals surface area contributed by atoms with Crippen molar-refractivity contribution in [3.05, 3.63) is 22.7 Å². The zero-order valence-electron chi connectivity index (χ0n) is 10.4. The van der Waals surface area contributed by atoms with Crippen molar-refractivity contribution < 1.29 is 4.79 Å². The number of nitrogens with two attached hydrogens (primary N) is 2. The lowest BCUT2D eigenvalue weighted by Crippen LogP contribution is -2.19. The molecule has 18 heavy (non-hydrogen) atoms. The van der Waals surface area contributed by atoms with E-state index in [4.69, 9.17) is 23.1 Å². The lowest BCUT2D eigenvalue weighted by atomic mass is 10.0. The summed E-state index contributed by atoms with van der Waals surface area (Å²) in [6.07, 6.45) is 3.56. The largest absolute Gasteiger partial charge is 0.399 e. The number of carbonyl (C=O) groups is 1. The Balaban J connectivity index is 2.23. The van der Waals surface area contributed by atoms with Gasteiger partial charge >= 0.3 is 0 Å². The third-order valence-corrected chi connectivity index (χ3v) is 4.02. The lowest BCUT2D eigenvalue weighted by molar-refractivity contribution is 0.100. The summed E-state index contributed by atoms with van der Waals surface area (Å²) in [7, 11) is 0. The summed E-state index contributed by atoms with van der Waals surface area (Å²) in [4.78, 5) is 11.4. The van der Waals surface area contributed by atoms with Gasteiger partial charge in [0.25, 0.3) is 5.91 Å². The monoisotopic (exact) mass is 267 g/mol. The first kappa shape index (κ1) is 13.0. The number of anilines is 2. The van der Waals surface area contributed by atoms with Crippen LogP contribution in [0.5, 0.6) is 0 Å². The molecule has 0 unspecified atom stereocenters. The summed E-state index contributed by atoms with van der Waals surface area (Å²) in [5, 5.41) is 3.70. The van der Waals surface area contributed by atoms with Gasteiger partial charge in [-0.25, -0.2) is 0 Å². The van der Waals surface area contributed by atoms with Gasteiger partial charge in [0.2, 0.25) is 0 Å². The molecule has 1 amide bonds. The Labute approximate surface area is 112 Å². The van der Waals surface area contributed by atoms with Crippen LogP contribution in [-0.4, -0.2) is 12.5 Å². The van der Waals surface area contributed by atoms with Gasteiger partial charge in [-0.2, -0.15) is 0 Å². The Kier molecular flexibility index (Phi) is 3.39. The molecule has 0 saturated heterocycles. The zero-order chi connectivity index (χ0) is 13.3. The molecule has 0 bridgehead atoms. The van der Waals surface area contributed by atoms with Crippen LogP contribution in [0.2, 0.25) is 5.02 Å². The van der Waals surface area contributed by atoms with Gasteiger partial charge in [-0.15, -0.1) is 0 Å². The molecule has 0 aromatic heterocycles. The van der Waals surface area contributed by atoms with Crippen molar-refractivity contribution in [1.82, 2.24) is 0 Å². The van der Waals surface area contributed by atoms with Crippen molar-refractivity contribution in [3.63, 3.8) is 0 Å². The highest BCUT2D eigenvalue weighted by Gasteiger charge is 2.40. The fraction of sp³-hybridized carbons (Fsp3) is 0.462. The molecule has 1 aliphatic rings. The first-order valence-corrected chi connectivity index (χ1v) is 6.48. The average Bonchev–Trinajstić information content (AvgIpc) is 3.07. The fourth-order valence-electron chi connectivity index (χ4n) is 2.11. The number of rotatable bonds is 5. The molecule has 0 spiro atoms. The highest BCUT2D eigenvalue weighted by atomic mass is 35.5. The van der Waals surface area contributed by atoms with Crippen LogP contribution in [0.3, 0.4) is 0 Å². The zero-order valence-corrected chi connectivity index (χ0v) is 11.2. The van der Waals surface area contributed by atoms with E-state index in [1.165, 1.54) is 12.8 Å². The summed E-state index contributed by atoms with van der Waals surface area (Å²) in [6.45, 7) is 2.99. The van der Waals surface area contributed by atoms with Crippen molar-refractivity contribution in [2.45, 2.75) is 26.2 Å². The molecule has 0 aliphatic heterocycles. The maximum Gasteiger partial charge on any atom is 0.250 e. The van der Waals surface area contributed by atoms with Gasteiger partial charge < -0.3 is 16.8 Å². The molecule has 1 aliphatic carbocycles. The first-order chi connectivity index (χ1) is 8.47. The minimum absolute atomic E-state index is 0.354. The van der Waals surface area contributed by atoms with E-state index in [2.05, 4.69) is 12.2 Å². The van der Waals surface area contributed by atoms with Crippen LogP contribution in [-0.2, 0) is 0 Å². The fourth-order valence-corrected chi connectivity index (χ4v) is 2.40. The third kappa shape index (κ3) is 2.53. The van der Waals surface area contributed by atoms with E-state index in [0.29, 0.717) is 27.4 Å². The summed E-state index contributed by atoms with van der Waals surface area (Å²) in [5.41, 5.74) is 12.8. The highest BCUT2D eigenvalue weighted by Crippen LogP contribution is 2.48. The number of halogens is 1. The lowest BCUT2D eigenvalue weighted by Gasteiger charge is -2.17. The molecule has 0 radical (unpaired) electrons. The third-order valence-electron chi connectivity index (χ3n) is 3.73. The molecule has 1 aromatic carbocycles. The van der Waals surface area contributed by atoms with Gasteiger partial charge in [0, 0.05) is 12.2 Å². The van der Waals surface area contributed by atoms with Crippen molar-refractivity contribution in [2.24, 2.45) is 11.1 Å². The number of benzene rings is 1. The SMILES string of the molecule is CCC1(CNc2c(Cl)cc(N)cc2C(N)=O)CC1. The number of hydrogen-bond donors (Lipinski definition) is 3. The summed E-state index contributed by atoms with van der Waals surface area (Å²) in [6, 6.07) is 3.18. The van der Waals surface area contributed by atoms with E-state index in [1.54, 1.807) is 12.1 Å². The molecule has 1 saturated carbocycles. The highest BCUT2D eigenvalue weighted by molar-refractivity contribution is 6.34. The van der Waals surface area contributed by atoms with Crippen LogP contribution in [0.1, 0.15) is 36.5 Å². The Hall–Kier alpha value is -1.42. The molecule has 5 N–H and O–H groups in total. The van der Waals surface area contributed by atoms with E-state index < -0.39 is 5.91 Å². The normalized spacial score (nSPS) is 16.3. The first-order valence-electron chi connectivity index (χ1n) is 6.10. The summed E-state index contributed by atoms with van der Waals surface area (Å²) in [5.74, 6) is -0.520. The van der Waals surface area contributed by atoms with Crippen LogP contribution in [0.25, 0.3) is 0 Å². The Morgan fingerprint density at radius 1 is 1.50 bits per heavy atom. The van der Waals surface area contributed by atoms with Crippen LogP contribution in [0, 0.1) is 5.41 Å². The van der Waals surface area contributed by atoms with Crippen molar-refractivity contribution in [2.75, 3.05) is 17.6 Å². The van der Waals surface area contributed by atoms with Gasteiger partial charge in [-0.05, 0) is 36.8 Å². The molecule has 0 heterocycles. The number of primary amides is 1. The predicted octanol–water partition coefficient (Wildman–Crippen LogP) is 2.62. The maximum atomic E-state index is 11.4. The second-order valence-corrected chi connectivity index (χ2v) is 5.40. The number of amides is 1. The van der Waals surface area contributed by atoms with Crippen molar-refractivity contribution in [1.29, 1.82) is 0 Å². The molecule has 98 valence electrons. The van der Waals surface area contributed by atoms with E-state index in [-0.39, 0.29) is 0 Å². The van der Waals surface area contributed by atoms with Crippen LogP contribution < -0.4 is 16.8 Å². The molecular formula is C13H18ClN3O. The van der Waals surface area contributed by atoms with Crippen molar-refractivity contribution >= 4 is 28.9 Å². The Morgan fingerprint density at radius 2 is 2.17 bits per heavy atom. The van der Waals surface area contributed by atoms with Crippen LogP contribution >= 0.6 is 11.6 Å². The van der Waals surface area contributed by atoms with E-state index in [1.807, 2.05) is 0 Å². The predicted molar refractivity (Wildman–Crippen MR) is 74.8 cm³/mol. The second kappa shape index (κ2) is 4.69.